The van der Waals surface area contributed by atoms with Crippen LogP contribution in [0.3, 0.4) is 0 Å². The number of carbonyl (C=O) groups is 1. The summed E-state index contributed by atoms with van der Waals surface area (Å²) in [7, 11) is 0. The lowest BCUT2D eigenvalue weighted by Gasteiger charge is -2.22. The smallest absolute Gasteiger partial charge is 0.158 e. The van der Waals surface area contributed by atoms with Gasteiger partial charge in [0.25, 0.3) is 0 Å². The number of aliphatic hydroxyl groups is 1. The molecule has 1 heterocycles. The fourth-order valence-corrected chi connectivity index (χ4v) is 2.54. The molecule has 110 valence electrons. The van der Waals surface area contributed by atoms with Crippen LogP contribution in [0.25, 0.3) is 0 Å². The standard InChI is InChI=1S/C16H22O4/c17-13-14-7-2-1-4-9-16(14,18)10-6-12-20-15-8-3-5-11-19-15/h7,13,15,18H,1-5,8-9,11-12H2. The monoisotopic (exact) mass is 278 g/mol. The first-order chi connectivity index (χ1) is 9.74. The Morgan fingerprint density at radius 2 is 2.35 bits per heavy atom. The number of hydrogen-bond donors (Lipinski definition) is 1. The Kier molecular flexibility index (Phi) is 5.78. The maximum Gasteiger partial charge on any atom is 0.158 e. The van der Waals surface area contributed by atoms with Gasteiger partial charge in [0.15, 0.2) is 11.9 Å². The topological polar surface area (TPSA) is 55.8 Å². The van der Waals surface area contributed by atoms with Gasteiger partial charge in [-0.1, -0.05) is 17.9 Å². The number of allylic oxidation sites excluding steroid dienone is 1. The lowest BCUT2D eigenvalue weighted by molar-refractivity contribution is -0.154. The predicted molar refractivity (Wildman–Crippen MR) is 74.9 cm³/mol. The highest BCUT2D eigenvalue weighted by atomic mass is 16.7. The van der Waals surface area contributed by atoms with Crippen LogP contribution in [0.15, 0.2) is 11.6 Å². The maximum atomic E-state index is 11.1. The van der Waals surface area contributed by atoms with E-state index in [1.165, 1.54) is 0 Å². The molecule has 1 saturated heterocycles. The highest BCUT2D eigenvalue weighted by Gasteiger charge is 2.30. The molecule has 0 amide bonds. The molecule has 0 aromatic heterocycles. The van der Waals surface area contributed by atoms with Crippen molar-refractivity contribution in [2.75, 3.05) is 13.2 Å². The van der Waals surface area contributed by atoms with E-state index in [4.69, 9.17) is 9.47 Å². The summed E-state index contributed by atoms with van der Waals surface area (Å²) in [4.78, 5) is 11.1. The fourth-order valence-electron chi connectivity index (χ4n) is 2.54. The minimum atomic E-state index is -1.31. The Labute approximate surface area is 120 Å². The summed E-state index contributed by atoms with van der Waals surface area (Å²) in [5.41, 5.74) is -0.925. The lowest BCUT2D eigenvalue weighted by atomic mass is 9.91. The molecule has 2 unspecified atom stereocenters. The third kappa shape index (κ3) is 4.17. The normalized spacial score (nSPS) is 30.6. The third-order valence-corrected chi connectivity index (χ3v) is 3.74. The lowest BCUT2D eigenvalue weighted by Crippen LogP contribution is -2.30. The first kappa shape index (κ1) is 15.2. The second kappa shape index (κ2) is 7.58. The second-order valence-corrected chi connectivity index (χ2v) is 5.29. The summed E-state index contributed by atoms with van der Waals surface area (Å²) in [6.07, 6.45) is 8.59. The summed E-state index contributed by atoms with van der Waals surface area (Å²) in [5.74, 6) is 5.64. The zero-order chi connectivity index (χ0) is 14.3. The molecule has 0 saturated carbocycles. The molecule has 1 aliphatic carbocycles. The molecule has 2 aliphatic rings. The maximum absolute atomic E-state index is 11.1. The molecule has 0 aromatic rings. The van der Waals surface area contributed by atoms with E-state index in [-0.39, 0.29) is 12.9 Å². The van der Waals surface area contributed by atoms with Crippen molar-refractivity contribution in [3.8, 4) is 11.8 Å². The van der Waals surface area contributed by atoms with Crippen molar-refractivity contribution in [2.24, 2.45) is 0 Å². The molecule has 0 spiro atoms. The van der Waals surface area contributed by atoms with Crippen LogP contribution in [0.1, 0.15) is 44.9 Å². The van der Waals surface area contributed by atoms with Crippen LogP contribution in [0.4, 0.5) is 0 Å². The number of carbonyl (C=O) groups excluding carboxylic acids is 1. The van der Waals surface area contributed by atoms with Crippen molar-refractivity contribution in [2.45, 2.75) is 56.8 Å². The Bertz CT molecular complexity index is 412. The summed E-state index contributed by atoms with van der Waals surface area (Å²) in [6.45, 7) is 0.958. The third-order valence-electron chi connectivity index (χ3n) is 3.74. The van der Waals surface area contributed by atoms with Crippen LogP contribution in [0, 0.1) is 11.8 Å². The molecule has 4 nitrogen and oxygen atoms in total. The minimum absolute atomic E-state index is 0.178. The highest BCUT2D eigenvalue weighted by molar-refractivity contribution is 5.78. The van der Waals surface area contributed by atoms with Crippen molar-refractivity contribution in [3.05, 3.63) is 11.6 Å². The molecule has 2 atom stereocenters. The number of aldehydes is 1. The molecule has 0 radical (unpaired) electrons. The van der Waals surface area contributed by atoms with Gasteiger partial charge < -0.3 is 14.6 Å². The Morgan fingerprint density at radius 3 is 3.10 bits per heavy atom. The van der Waals surface area contributed by atoms with E-state index in [0.29, 0.717) is 18.3 Å². The molecular weight excluding hydrogens is 256 g/mol. The van der Waals surface area contributed by atoms with Gasteiger partial charge >= 0.3 is 0 Å². The van der Waals surface area contributed by atoms with Gasteiger partial charge in [0.2, 0.25) is 0 Å². The van der Waals surface area contributed by atoms with Crippen molar-refractivity contribution >= 4 is 6.29 Å². The van der Waals surface area contributed by atoms with E-state index in [1.807, 2.05) is 0 Å². The average molecular weight is 278 g/mol. The number of rotatable bonds is 3. The number of ether oxygens (including phenoxy) is 2. The van der Waals surface area contributed by atoms with Gasteiger partial charge in [-0.25, -0.2) is 0 Å². The van der Waals surface area contributed by atoms with Crippen LogP contribution in [0.5, 0.6) is 0 Å². The Hall–Kier alpha value is -1.15. The van der Waals surface area contributed by atoms with Crippen molar-refractivity contribution in [1.82, 2.24) is 0 Å². The SMILES string of the molecule is O=CC1=CCCCCC1(O)C#CCOC1CCCCO1. The van der Waals surface area contributed by atoms with Gasteiger partial charge in [0.05, 0.1) is 0 Å². The van der Waals surface area contributed by atoms with E-state index in [1.54, 1.807) is 6.08 Å². The molecular formula is C16H22O4. The number of hydrogen-bond acceptors (Lipinski definition) is 4. The van der Waals surface area contributed by atoms with Crippen molar-refractivity contribution in [3.63, 3.8) is 0 Å². The summed E-state index contributed by atoms with van der Waals surface area (Å²) >= 11 is 0. The molecule has 1 fully saturated rings. The van der Waals surface area contributed by atoms with E-state index in [9.17, 15) is 9.90 Å². The van der Waals surface area contributed by atoms with Crippen LogP contribution < -0.4 is 0 Å². The zero-order valence-corrected chi connectivity index (χ0v) is 11.8. The van der Waals surface area contributed by atoms with Gasteiger partial charge in [-0.05, 0) is 44.9 Å². The van der Waals surface area contributed by atoms with Gasteiger partial charge in [-0.2, -0.15) is 0 Å². The molecule has 0 aromatic carbocycles. The molecule has 4 heteroatoms. The van der Waals surface area contributed by atoms with E-state index < -0.39 is 5.60 Å². The van der Waals surface area contributed by atoms with Gasteiger partial charge in [0.1, 0.15) is 12.9 Å². The second-order valence-electron chi connectivity index (χ2n) is 5.29. The molecule has 1 N–H and O–H groups in total. The van der Waals surface area contributed by atoms with Crippen molar-refractivity contribution < 1.29 is 19.4 Å². The van der Waals surface area contributed by atoms with Crippen LogP contribution in [-0.2, 0) is 14.3 Å². The van der Waals surface area contributed by atoms with Crippen molar-refractivity contribution in [1.29, 1.82) is 0 Å². The van der Waals surface area contributed by atoms with E-state index >= 15 is 0 Å². The molecule has 20 heavy (non-hydrogen) atoms. The van der Waals surface area contributed by atoms with Gasteiger partial charge in [-0.15, -0.1) is 0 Å². The van der Waals surface area contributed by atoms with Gasteiger partial charge in [-0.3, -0.25) is 4.79 Å². The molecule has 0 bridgehead atoms. The average Bonchev–Trinajstić information content (AvgIpc) is 2.66. The summed E-state index contributed by atoms with van der Waals surface area (Å²) < 4.78 is 10.9. The first-order valence-electron chi connectivity index (χ1n) is 7.36. The van der Waals surface area contributed by atoms with E-state index in [0.717, 1.165) is 45.1 Å². The van der Waals surface area contributed by atoms with Crippen LogP contribution in [-0.4, -0.2) is 36.5 Å². The molecule has 1 aliphatic heterocycles. The highest BCUT2D eigenvalue weighted by Crippen LogP contribution is 2.26. The Morgan fingerprint density at radius 1 is 1.45 bits per heavy atom. The van der Waals surface area contributed by atoms with Crippen LogP contribution >= 0.6 is 0 Å². The molecule has 2 rings (SSSR count). The minimum Gasteiger partial charge on any atom is -0.373 e. The summed E-state index contributed by atoms with van der Waals surface area (Å²) in [5, 5.41) is 10.5. The van der Waals surface area contributed by atoms with E-state index in [2.05, 4.69) is 11.8 Å². The van der Waals surface area contributed by atoms with Crippen LogP contribution in [0.2, 0.25) is 0 Å². The zero-order valence-electron chi connectivity index (χ0n) is 11.8. The summed E-state index contributed by atoms with van der Waals surface area (Å²) in [6, 6.07) is 0. The van der Waals surface area contributed by atoms with Gasteiger partial charge in [0, 0.05) is 12.2 Å². The predicted octanol–water partition coefficient (Wildman–Crippen LogP) is 1.96. The largest absolute Gasteiger partial charge is 0.373 e. The quantitative estimate of drug-likeness (QED) is 0.633. The Balaban J connectivity index is 1.89. The fraction of sp³-hybridized carbons (Fsp3) is 0.688. The first-order valence-corrected chi connectivity index (χ1v) is 7.36.